The molecule has 2 rings (SSSR count). The van der Waals surface area contributed by atoms with Crippen molar-refractivity contribution >= 4 is 16.9 Å². The van der Waals surface area contributed by atoms with Gasteiger partial charge in [0.15, 0.2) is 0 Å². The minimum absolute atomic E-state index is 0.0419. The summed E-state index contributed by atoms with van der Waals surface area (Å²) >= 11 is 0. The SMILES string of the molecule is C=CCOC(=O)Cc1c(O)c2ccccc2n(C)c1=O. The number of esters is 1. The molecule has 104 valence electrons. The molecule has 0 fully saturated rings. The van der Waals surface area contributed by atoms with E-state index in [-0.39, 0.29) is 24.3 Å². The number of benzene rings is 1. The average molecular weight is 273 g/mol. The fourth-order valence-electron chi connectivity index (χ4n) is 2.05. The lowest BCUT2D eigenvalue weighted by molar-refractivity contribution is -0.141. The van der Waals surface area contributed by atoms with Gasteiger partial charge in [0.05, 0.1) is 17.5 Å². The van der Waals surface area contributed by atoms with Crippen LogP contribution in [0.5, 0.6) is 5.75 Å². The van der Waals surface area contributed by atoms with Crippen LogP contribution >= 0.6 is 0 Å². The van der Waals surface area contributed by atoms with E-state index >= 15 is 0 Å². The quantitative estimate of drug-likeness (QED) is 0.677. The number of ether oxygens (including phenoxy) is 1. The monoisotopic (exact) mass is 273 g/mol. The zero-order valence-corrected chi connectivity index (χ0v) is 11.1. The van der Waals surface area contributed by atoms with Crippen LogP contribution in [0.4, 0.5) is 0 Å². The number of carbonyl (C=O) groups is 1. The van der Waals surface area contributed by atoms with Crippen LogP contribution in [0, 0.1) is 0 Å². The Morgan fingerprint density at radius 1 is 1.45 bits per heavy atom. The van der Waals surface area contributed by atoms with Crippen LogP contribution in [0.15, 0.2) is 41.7 Å². The zero-order valence-electron chi connectivity index (χ0n) is 11.1. The fraction of sp³-hybridized carbons (Fsp3) is 0.200. The predicted octanol–water partition coefficient (Wildman–Crippen LogP) is 1.52. The average Bonchev–Trinajstić information content (AvgIpc) is 2.47. The Balaban J connectivity index is 2.51. The van der Waals surface area contributed by atoms with Gasteiger partial charge in [0.2, 0.25) is 0 Å². The molecule has 0 bridgehead atoms. The van der Waals surface area contributed by atoms with E-state index in [1.165, 1.54) is 10.6 Å². The molecule has 0 aliphatic rings. The maximum Gasteiger partial charge on any atom is 0.310 e. The molecule has 20 heavy (non-hydrogen) atoms. The molecular weight excluding hydrogens is 258 g/mol. The molecule has 5 nitrogen and oxygen atoms in total. The van der Waals surface area contributed by atoms with Crippen molar-refractivity contribution in [2.75, 3.05) is 6.61 Å². The van der Waals surface area contributed by atoms with E-state index < -0.39 is 11.5 Å². The Hall–Kier alpha value is -2.56. The van der Waals surface area contributed by atoms with Gasteiger partial charge in [0.1, 0.15) is 12.4 Å². The second kappa shape index (κ2) is 5.61. The van der Waals surface area contributed by atoms with Crippen LogP contribution in [0.1, 0.15) is 5.56 Å². The van der Waals surface area contributed by atoms with Gasteiger partial charge in [-0.25, -0.2) is 0 Å². The van der Waals surface area contributed by atoms with Crippen LogP contribution in [-0.4, -0.2) is 22.2 Å². The third-order valence-corrected chi connectivity index (χ3v) is 3.05. The third kappa shape index (κ3) is 2.42. The van der Waals surface area contributed by atoms with Crippen molar-refractivity contribution in [3.63, 3.8) is 0 Å². The standard InChI is InChI=1S/C15H15NO4/c1-3-8-20-13(17)9-11-14(18)10-6-4-5-7-12(10)16(2)15(11)19/h3-7,18H,1,8-9H2,2H3. The van der Waals surface area contributed by atoms with E-state index in [2.05, 4.69) is 6.58 Å². The fourth-order valence-corrected chi connectivity index (χ4v) is 2.05. The molecule has 0 unspecified atom stereocenters. The Morgan fingerprint density at radius 3 is 2.85 bits per heavy atom. The number of hydrogen-bond donors (Lipinski definition) is 1. The van der Waals surface area contributed by atoms with E-state index in [0.717, 1.165) is 0 Å². The van der Waals surface area contributed by atoms with Gasteiger partial charge in [-0.05, 0) is 12.1 Å². The molecule has 1 aromatic carbocycles. The summed E-state index contributed by atoms with van der Waals surface area (Å²) in [7, 11) is 1.60. The van der Waals surface area contributed by atoms with E-state index in [9.17, 15) is 14.7 Å². The number of hydrogen-bond acceptors (Lipinski definition) is 4. The number of carbonyl (C=O) groups excluding carboxylic acids is 1. The molecule has 1 N–H and O–H groups in total. The van der Waals surface area contributed by atoms with Crippen LogP contribution in [0.2, 0.25) is 0 Å². The highest BCUT2D eigenvalue weighted by atomic mass is 16.5. The van der Waals surface area contributed by atoms with Crippen LogP contribution in [0.3, 0.4) is 0 Å². The maximum atomic E-state index is 12.2. The molecule has 5 heteroatoms. The summed E-state index contributed by atoms with van der Waals surface area (Å²) in [6.07, 6.45) is 1.17. The van der Waals surface area contributed by atoms with Gasteiger partial charge in [-0.3, -0.25) is 9.59 Å². The lowest BCUT2D eigenvalue weighted by atomic mass is 10.1. The highest BCUT2D eigenvalue weighted by Crippen LogP contribution is 2.25. The summed E-state index contributed by atoms with van der Waals surface area (Å²) in [5.41, 5.74) is 0.246. The van der Waals surface area contributed by atoms with E-state index in [0.29, 0.717) is 10.9 Å². The van der Waals surface area contributed by atoms with Gasteiger partial charge in [-0.1, -0.05) is 24.8 Å². The Morgan fingerprint density at radius 2 is 2.15 bits per heavy atom. The summed E-state index contributed by atoms with van der Waals surface area (Å²) in [6, 6.07) is 6.96. The first kappa shape index (κ1) is 13.9. The molecule has 0 aliphatic heterocycles. The summed E-state index contributed by atoms with van der Waals surface area (Å²) < 4.78 is 6.25. The van der Waals surface area contributed by atoms with Crippen molar-refractivity contribution in [3.05, 3.63) is 52.8 Å². The number of nitrogens with zero attached hydrogens (tertiary/aromatic N) is 1. The minimum atomic E-state index is -0.576. The number of fused-ring (bicyclic) bond motifs is 1. The van der Waals surface area contributed by atoms with Gasteiger partial charge in [-0.15, -0.1) is 0 Å². The predicted molar refractivity (Wildman–Crippen MR) is 75.7 cm³/mol. The number of rotatable bonds is 4. The van der Waals surface area contributed by atoms with Crippen LogP contribution in [0.25, 0.3) is 10.9 Å². The highest BCUT2D eigenvalue weighted by Gasteiger charge is 2.17. The summed E-state index contributed by atoms with van der Waals surface area (Å²) in [5.74, 6) is -0.744. The van der Waals surface area contributed by atoms with Crippen molar-refractivity contribution in [2.24, 2.45) is 7.05 Å². The number of para-hydroxylation sites is 1. The van der Waals surface area contributed by atoms with Crippen molar-refractivity contribution in [1.29, 1.82) is 0 Å². The van der Waals surface area contributed by atoms with Crippen molar-refractivity contribution in [3.8, 4) is 5.75 Å². The number of aryl methyl sites for hydroxylation is 1. The maximum absolute atomic E-state index is 12.2. The number of pyridine rings is 1. The summed E-state index contributed by atoms with van der Waals surface area (Å²) in [6.45, 7) is 3.51. The molecule has 0 radical (unpaired) electrons. The Kier molecular flexibility index (Phi) is 3.89. The number of aromatic nitrogens is 1. The first-order chi connectivity index (χ1) is 9.56. The van der Waals surface area contributed by atoms with Crippen molar-refractivity contribution in [1.82, 2.24) is 4.57 Å². The number of aromatic hydroxyl groups is 1. The molecule has 0 atom stereocenters. The molecule has 1 aromatic heterocycles. The third-order valence-electron chi connectivity index (χ3n) is 3.05. The molecular formula is C15H15NO4. The van der Waals surface area contributed by atoms with Gasteiger partial charge in [-0.2, -0.15) is 0 Å². The molecule has 0 aliphatic carbocycles. The van der Waals surface area contributed by atoms with E-state index in [1.807, 2.05) is 0 Å². The van der Waals surface area contributed by atoms with Crippen molar-refractivity contribution < 1.29 is 14.6 Å². The van der Waals surface area contributed by atoms with E-state index in [4.69, 9.17) is 4.74 Å². The normalized spacial score (nSPS) is 10.4. The molecule has 0 amide bonds. The molecule has 1 heterocycles. The first-order valence-electron chi connectivity index (χ1n) is 6.12. The van der Waals surface area contributed by atoms with Gasteiger partial charge in [0.25, 0.3) is 5.56 Å². The van der Waals surface area contributed by atoms with E-state index in [1.54, 1.807) is 31.3 Å². The molecule has 0 spiro atoms. The molecule has 0 saturated heterocycles. The molecule has 2 aromatic rings. The lowest BCUT2D eigenvalue weighted by Crippen LogP contribution is -2.24. The largest absolute Gasteiger partial charge is 0.507 e. The van der Waals surface area contributed by atoms with Crippen molar-refractivity contribution in [2.45, 2.75) is 6.42 Å². The lowest BCUT2D eigenvalue weighted by Gasteiger charge is -2.11. The summed E-state index contributed by atoms with van der Waals surface area (Å²) in [5, 5.41) is 10.7. The van der Waals surface area contributed by atoms with Gasteiger partial charge in [0, 0.05) is 12.4 Å². The second-order valence-corrected chi connectivity index (χ2v) is 4.36. The molecule has 0 saturated carbocycles. The topological polar surface area (TPSA) is 68.5 Å². The zero-order chi connectivity index (χ0) is 14.7. The Bertz CT molecular complexity index is 730. The minimum Gasteiger partial charge on any atom is -0.507 e. The highest BCUT2D eigenvalue weighted by molar-refractivity contribution is 5.87. The Labute approximate surface area is 115 Å². The summed E-state index contributed by atoms with van der Waals surface area (Å²) in [4.78, 5) is 23.8. The second-order valence-electron chi connectivity index (χ2n) is 4.36. The van der Waals surface area contributed by atoms with Gasteiger partial charge < -0.3 is 14.4 Å². The van der Waals surface area contributed by atoms with Gasteiger partial charge >= 0.3 is 5.97 Å². The van der Waals surface area contributed by atoms with Crippen LogP contribution < -0.4 is 5.56 Å². The smallest absolute Gasteiger partial charge is 0.310 e. The van der Waals surface area contributed by atoms with Crippen LogP contribution in [-0.2, 0) is 23.0 Å². The first-order valence-corrected chi connectivity index (χ1v) is 6.12.